The molecule has 0 fully saturated rings. The number of allylic oxidation sites excluding steroid dienone is 1. The maximum atomic E-state index is 14.2. The van der Waals surface area contributed by atoms with Crippen LogP contribution in [0.15, 0.2) is 66.3 Å². The zero-order valence-electron chi connectivity index (χ0n) is 17.2. The second-order valence-corrected chi connectivity index (χ2v) is 7.72. The molecule has 1 heterocycles. The Balaban J connectivity index is 1.69. The molecule has 0 aliphatic carbocycles. The average Bonchev–Trinajstić information content (AvgIpc) is 3.15. The SMILES string of the molecule is C=CCn1c(SCC(=O)c2ccc(NC(=O)CCC)cc2)nnc1-c1ccccc1F. The molecule has 0 aliphatic heterocycles. The Labute approximate surface area is 184 Å². The largest absolute Gasteiger partial charge is 0.326 e. The van der Waals surface area contributed by atoms with Gasteiger partial charge in [0.25, 0.3) is 0 Å². The third kappa shape index (κ3) is 5.67. The minimum Gasteiger partial charge on any atom is -0.326 e. The van der Waals surface area contributed by atoms with Crippen LogP contribution in [0.2, 0.25) is 0 Å². The number of ketones is 1. The number of halogens is 1. The third-order valence-electron chi connectivity index (χ3n) is 4.44. The zero-order valence-corrected chi connectivity index (χ0v) is 18.0. The summed E-state index contributed by atoms with van der Waals surface area (Å²) in [5.74, 6) is 0.00844. The van der Waals surface area contributed by atoms with Crippen molar-refractivity contribution in [1.29, 1.82) is 0 Å². The first kappa shape index (κ1) is 22.4. The molecule has 31 heavy (non-hydrogen) atoms. The lowest BCUT2D eigenvalue weighted by molar-refractivity contribution is -0.116. The highest BCUT2D eigenvalue weighted by atomic mass is 32.2. The van der Waals surface area contributed by atoms with Crippen LogP contribution in [0.3, 0.4) is 0 Å². The predicted molar refractivity (Wildman–Crippen MR) is 121 cm³/mol. The quantitative estimate of drug-likeness (QED) is 0.274. The molecule has 0 atom stereocenters. The van der Waals surface area contributed by atoms with Gasteiger partial charge in [0.2, 0.25) is 5.91 Å². The number of thioether (sulfide) groups is 1. The Hall–Kier alpha value is -3.26. The first-order valence-corrected chi connectivity index (χ1v) is 10.9. The van der Waals surface area contributed by atoms with Crippen LogP contribution in [-0.2, 0) is 11.3 Å². The molecule has 8 heteroatoms. The Morgan fingerprint density at radius 1 is 1.16 bits per heavy atom. The highest BCUT2D eigenvalue weighted by molar-refractivity contribution is 7.99. The van der Waals surface area contributed by atoms with Crippen LogP contribution in [0.25, 0.3) is 11.4 Å². The molecule has 6 nitrogen and oxygen atoms in total. The van der Waals surface area contributed by atoms with E-state index in [1.165, 1.54) is 17.8 Å². The number of hydrogen-bond donors (Lipinski definition) is 1. The Bertz CT molecular complexity index is 1080. The molecular weight excluding hydrogens is 415 g/mol. The van der Waals surface area contributed by atoms with Crippen LogP contribution in [-0.4, -0.2) is 32.2 Å². The van der Waals surface area contributed by atoms with Crippen molar-refractivity contribution in [2.75, 3.05) is 11.1 Å². The molecule has 1 amide bonds. The van der Waals surface area contributed by atoms with Crippen molar-refractivity contribution < 1.29 is 14.0 Å². The van der Waals surface area contributed by atoms with Gasteiger partial charge in [0.05, 0.1) is 11.3 Å². The molecular formula is C23H23FN4O2S. The molecule has 0 radical (unpaired) electrons. The summed E-state index contributed by atoms with van der Waals surface area (Å²) >= 11 is 1.23. The van der Waals surface area contributed by atoms with Gasteiger partial charge in [0.15, 0.2) is 16.8 Å². The van der Waals surface area contributed by atoms with E-state index in [1.807, 2.05) is 6.92 Å². The fraction of sp³-hybridized carbons (Fsp3) is 0.217. The number of amides is 1. The minimum absolute atomic E-state index is 0.0515. The second kappa shape index (κ2) is 10.7. The first-order valence-electron chi connectivity index (χ1n) is 9.88. The lowest BCUT2D eigenvalue weighted by Crippen LogP contribution is -2.11. The molecule has 3 rings (SSSR count). The van der Waals surface area contributed by atoms with Crippen molar-refractivity contribution >= 4 is 29.1 Å². The summed E-state index contributed by atoms with van der Waals surface area (Å²) in [5.41, 5.74) is 1.53. The maximum Gasteiger partial charge on any atom is 0.224 e. The van der Waals surface area contributed by atoms with Gasteiger partial charge >= 0.3 is 0 Å². The number of Topliss-reactive ketones (excluding diaryl/α,β-unsaturated/α-hetero) is 1. The van der Waals surface area contributed by atoms with Gasteiger partial charge in [-0.1, -0.05) is 36.9 Å². The minimum atomic E-state index is -0.390. The number of aromatic nitrogens is 3. The Morgan fingerprint density at radius 3 is 2.58 bits per heavy atom. The van der Waals surface area contributed by atoms with Crippen LogP contribution in [0.5, 0.6) is 0 Å². The fourth-order valence-electron chi connectivity index (χ4n) is 2.93. The van der Waals surface area contributed by atoms with Gasteiger partial charge < -0.3 is 5.32 Å². The molecule has 3 aromatic rings. The van der Waals surface area contributed by atoms with E-state index in [0.717, 1.165) is 6.42 Å². The number of anilines is 1. The number of nitrogens with one attached hydrogen (secondary N) is 1. The summed E-state index contributed by atoms with van der Waals surface area (Å²) in [5, 5.41) is 11.6. The summed E-state index contributed by atoms with van der Waals surface area (Å²) in [6, 6.07) is 13.1. The van der Waals surface area contributed by atoms with Crippen LogP contribution >= 0.6 is 11.8 Å². The second-order valence-electron chi connectivity index (χ2n) is 6.77. The number of nitrogens with zero attached hydrogens (tertiary/aromatic N) is 3. The number of carbonyl (C=O) groups excluding carboxylic acids is 2. The maximum absolute atomic E-state index is 14.2. The number of benzene rings is 2. The van der Waals surface area contributed by atoms with Crippen molar-refractivity contribution in [2.45, 2.75) is 31.5 Å². The van der Waals surface area contributed by atoms with Gasteiger partial charge in [-0.05, 0) is 42.8 Å². The lowest BCUT2D eigenvalue weighted by Gasteiger charge is -2.08. The van der Waals surface area contributed by atoms with E-state index < -0.39 is 0 Å². The van der Waals surface area contributed by atoms with Crippen LogP contribution in [0.4, 0.5) is 10.1 Å². The van der Waals surface area contributed by atoms with Gasteiger partial charge in [-0.3, -0.25) is 14.2 Å². The van der Waals surface area contributed by atoms with E-state index in [0.29, 0.717) is 40.8 Å². The summed E-state index contributed by atoms with van der Waals surface area (Å²) in [4.78, 5) is 24.3. The van der Waals surface area contributed by atoms with Gasteiger partial charge in [0, 0.05) is 24.2 Å². The van der Waals surface area contributed by atoms with Crippen molar-refractivity contribution in [2.24, 2.45) is 0 Å². The van der Waals surface area contributed by atoms with Gasteiger partial charge in [-0.25, -0.2) is 4.39 Å². The van der Waals surface area contributed by atoms with Crippen molar-refractivity contribution in [3.05, 3.63) is 72.6 Å². The molecule has 0 unspecified atom stereocenters. The van der Waals surface area contributed by atoms with Gasteiger partial charge in [-0.2, -0.15) is 0 Å². The van der Waals surface area contributed by atoms with Gasteiger partial charge in [0.1, 0.15) is 5.82 Å². The number of rotatable bonds is 10. The normalized spacial score (nSPS) is 10.6. The first-order chi connectivity index (χ1) is 15.0. The van der Waals surface area contributed by atoms with Crippen LogP contribution < -0.4 is 5.32 Å². The van der Waals surface area contributed by atoms with E-state index in [4.69, 9.17) is 0 Å². The molecule has 0 saturated carbocycles. The summed E-state index contributed by atoms with van der Waals surface area (Å²) in [6.45, 7) is 6.07. The van der Waals surface area contributed by atoms with Crippen molar-refractivity contribution in [3.8, 4) is 11.4 Å². The highest BCUT2D eigenvalue weighted by Gasteiger charge is 2.17. The van der Waals surface area contributed by atoms with Gasteiger partial charge in [-0.15, -0.1) is 16.8 Å². The van der Waals surface area contributed by atoms with Crippen molar-refractivity contribution in [1.82, 2.24) is 14.8 Å². The number of hydrogen-bond acceptors (Lipinski definition) is 5. The molecule has 0 saturated heterocycles. The van der Waals surface area contributed by atoms with Crippen LogP contribution in [0.1, 0.15) is 30.1 Å². The zero-order chi connectivity index (χ0) is 22.2. The summed E-state index contributed by atoms with van der Waals surface area (Å²) < 4.78 is 15.9. The lowest BCUT2D eigenvalue weighted by atomic mass is 10.1. The van der Waals surface area contributed by atoms with E-state index in [9.17, 15) is 14.0 Å². The molecule has 1 N–H and O–H groups in total. The Kier molecular flexibility index (Phi) is 7.72. The summed E-state index contributed by atoms with van der Waals surface area (Å²) in [7, 11) is 0. The van der Waals surface area contributed by atoms with E-state index in [-0.39, 0.29) is 23.3 Å². The molecule has 1 aromatic heterocycles. The molecule has 0 aliphatic rings. The van der Waals surface area contributed by atoms with Crippen molar-refractivity contribution in [3.63, 3.8) is 0 Å². The third-order valence-corrected chi connectivity index (χ3v) is 5.41. The highest BCUT2D eigenvalue weighted by Crippen LogP contribution is 2.26. The molecule has 0 spiro atoms. The average molecular weight is 439 g/mol. The molecule has 2 aromatic carbocycles. The van der Waals surface area contributed by atoms with E-state index in [2.05, 4.69) is 22.1 Å². The van der Waals surface area contributed by atoms with E-state index in [1.54, 1.807) is 53.1 Å². The molecule has 0 bridgehead atoms. The fourth-order valence-corrected chi connectivity index (χ4v) is 3.78. The standard InChI is InChI=1S/C23H23FN4O2S/c1-3-7-21(30)25-17-12-10-16(11-13-17)20(29)15-31-23-27-26-22(28(23)14-4-2)18-8-5-6-9-19(18)24/h4-6,8-13H,2-3,7,14-15H2,1H3,(H,25,30). The number of carbonyl (C=O) groups is 2. The predicted octanol–water partition coefficient (Wildman–Crippen LogP) is 4.98. The van der Waals surface area contributed by atoms with E-state index >= 15 is 0 Å². The monoisotopic (exact) mass is 438 g/mol. The Morgan fingerprint density at radius 2 is 1.90 bits per heavy atom. The summed E-state index contributed by atoms with van der Waals surface area (Å²) in [6.07, 6.45) is 2.90. The smallest absolute Gasteiger partial charge is 0.224 e. The topological polar surface area (TPSA) is 76.9 Å². The molecule has 160 valence electrons. The van der Waals surface area contributed by atoms with Crippen LogP contribution in [0, 0.1) is 5.82 Å².